The van der Waals surface area contributed by atoms with Gasteiger partial charge in [-0.15, -0.1) is 0 Å². The van der Waals surface area contributed by atoms with E-state index in [1.807, 2.05) is 0 Å². The first kappa shape index (κ1) is 11.8. The lowest BCUT2D eigenvalue weighted by Gasteiger charge is -2.36. The normalized spacial score (nSPS) is 34.9. The highest BCUT2D eigenvalue weighted by Gasteiger charge is 2.33. The molecule has 1 rings (SSSR count). The lowest BCUT2D eigenvalue weighted by Crippen LogP contribution is -2.37. The number of hydrogen-bond donors (Lipinski definition) is 1. The smallest absolute Gasteiger partial charge is 0.0853 e. The molecular weight excluding hydrogens is 172 g/mol. The first-order valence-corrected chi connectivity index (χ1v) is 5.91. The largest absolute Gasteiger partial charge is 0.386 e. The van der Waals surface area contributed by atoms with Gasteiger partial charge in [0.1, 0.15) is 0 Å². The van der Waals surface area contributed by atoms with Crippen LogP contribution in [0.25, 0.3) is 0 Å². The Balaban J connectivity index is 2.66. The molecule has 1 aliphatic carbocycles. The summed E-state index contributed by atoms with van der Waals surface area (Å²) in [6.07, 6.45) is 7.39. The van der Waals surface area contributed by atoms with Crippen LogP contribution in [0.4, 0.5) is 0 Å². The highest BCUT2D eigenvalue weighted by Crippen LogP contribution is 2.35. The Morgan fingerprint density at radius 3 is 2.43 bits per heavy atom. The molecule has 0 amide bonds. The predicted octanol–water partition coefficient (Wildman–Crippen LogP) is 3.39. The zero-order valence-corrected chi connectivity index (χ0v) is 9.96. The third kappa shape index (κ3) is 2.38. The number of aliphatic hydroxyl groups is 1. The Labute approximate surface area is 88.2 Å². The molecule has 1 N–H and O–H groups in total. The molecule has 0 fully saturated rings. The minimum Gasteiger partial charge on any atom is -0.386 e. The van der Waals surface area contributed by atoms with Crippen molar-refractivity contribution in [2.24, 2.45) is 17.8 Å². The average Bonchev–Trinajstić information content (AvgIpc) is 2.17. The van der Waals surface area contributed by atoms with Crippen molar-refractivity contribution >= 4 is 0 Å². The molecule has 1 heteroatoms. The van der Waals surface area contributed by atoms with Crippen LogP contribution in [-0.4, -0.2) is 10.7 Å². The standard InChI is InChI=1S/C13H24O/c1-5-11(4)13(14)8-6-12(7-9-13)10(2)3/h6,8,10-12,14H,5,7,9H2,1-4H3. The molecule has 0 saturated heterocycles. The SMILES string of the molecule is CCC(C)C1(O)C=CC(C(C)C)CC1. The Bertz CT molecular complexity index is 207. The van der Waals surface area contributed by atoms with E-state index < -0.39 is 5.60 Å². The van der Waals surface area contributed by atoms with Gasteiger partial charge in [-0.05, 0) is 30.6 Å². The summed E-state index contributed by atoms with van der Waals surface area (Å²) >= 11 is 0. The van der Waals surface area contributed by atoms with Crippen molar-refractivity contribution in [3.63, 3.8) is 0 Å². The van der Waals surface area contributed by atoms with E-state index in [0.29, 0.717) is 17.8 Å². The van der Waals surface area contributed by atoms with E-state index in [9.17, 15) is 5.11 Å². The second kappa shape index (κ2) is 4.48. The van der Waals surface area contributed by atoms with Gasteiger partial charge in [0.2, 0.25) is 0 Å². The topological polar surface area (TPSA) is 20.2 Å². The van der Waals surface area contributed by atoms with Crippen molar-refractivity contribution < 1.29 is 5.11 Å². The molecule has 0 saturated carbocycles. The molecule has 0 aromatic carbocycles. The van der Waals surface area contributed by atoms with Gasteiger partial charge in [-0.1, -0.05) is 46.3 Å². The van der Waals surface area contributed by atoms with Crippen LogP contribution in [0.3, 0.4) is 0 Å². The predicted molar refractivity (Wildman–Crippen MR) is 61.1 cm³/mol. The molecule has 0 spiro atoms. The minimum atomic E-state index is -0.528. The quantitative estimate of drug-likeness (QED) is 0.686. The summed E-state index contributed by atoms with van der Waals surface area (Å²) in [5.41, 5.74) is -0.528. The van der Waals surface area contributed by atoms with Crippen LogP contribution in [0, 0.1) is 17.8 Å². The Kier molecular flexibility index (Phi) is 3.77. The van der Waals surface area contributed by atoms with E-state index in [2.05, 4.69) is 39.8 Å². The van der Waals surface area contributed by atoms with E-state index in [1.165, 1.54) is 0 Å². The summed E-state index contributed by atoms with van der Waals surface area (Å²) in [5, 5.41) is 10.4. The van der Waals surface area contributed by atoms with Gasteiger partial charge in [0.05, 0.1) is 5.60 Å². The first-order chi connectivity index (χ1) is 6.49. The molecule has 0 bridgehead atoms. The van der Waals surface area contributed by atoms with Gasteiger partial charge in [0.15, 0.2) is 0 Å². The summed E-state index contributed by atoms with van der Waals surface area (Å²) in [7, 11) is 0. The Morgan fingerprint density at radius 2 is 2.07 bits per heavy atom. The molecule has 0 aliphatic heterocycles. The lowest BCUT2D eigenvalue weighted by molar-refractivity contribution is 0.0132. The number of hydrogen-bond acceptors (Lipinski definition) is 1. The van der Waals surface area contributed by atoms with Crippen molar-refractivity contribution in [1.29, 1.82) is 0 Å². The van der Waals surface area contributed by atoms with Crippen LogP contribution in [0.5, 0.6) is 0 Å². The lowest BCUT2D eigenvalue weighted by atomic mass is 9.74. The van der Waals surface area contributed by atoms with Crippen molar-refractivity contribution in [2.45, 2.75) is 52.6 Å². The second-order valence-electron chi connectivity index (χ2n) is 5.11. The maximum Gasteiger partial charge on any atom is 0.0853 e. The minimum absolute atomic E-state index is 0.381. The fourth-order valence-electron chi connectivity index (χ4n) is 2.19. The van der Waals surface area contributed by atoms with Crippen LogP contribution in [-0.2, 0) is 0 Å². The fourth-order valence-corrected chi connectivity index (χ4v) is 2.19. The summed E-state index contributed by atoms with van der Waals surface area (Å²) in [6, 6.07) is 0. The van der Waals surface area contributed by atoms with Crippen LogP contribution in [0.2, 0.25) is 0 Å². The summed E-state index contributed by atoms with van der Waals surface area (Å²) in [5.74, 6) is 1.75. The average molecular weight is 196 g/mol. The summed E-state index contributed by atoms with van der Waals surface area (Å²) < 4.78 is 0. The monoisotopic (exact) mass is 196 g/mol. The summed E-state index contributed by atoms with van der Waals surface area (Å²) in [6.45, 7) is 8.79. The first-order valence-electron chi connectivity index (χ1n) is 5.91. The highest BCUT2D eigenvalue weighted by molar-refractivity contribution is 5.10. The van der Waals surface area contributed by atoms with Crippen LogP contribution < -0.4 is 0 Å². The zero-order valence-electron chi connectivity index (χ0n) is 9.96. The van der Waals surface area contributed by atoms with E-state index in [1.54, 1.807) is 0 Å². The van der Waals surface area contributed by atoms with E-state index in [-0.39, 0.29) is 0 Å². The Hall–Kier alpha value is -0.300. The molecule has 14 heavy (non-hydrogen) atoms. The number of allylic oxidation sites excluding steroid dienone is 1. The van der Waals surface area contributed by atoms with Gasteiger partial charge in [0, 0.05) is 0 Å². The maximum absolute atomic E-state index is 10.4. The van der Waals surface area contributed by atoms with Gasteiger partial charge in [-0.2, -0.15) is 0 Å². The molecule has 1 aliphatic rings. The van der Waals surface area contributed by atoms with Gasteiger partial charge < -0.3 is 5.11 Å². The molecule has 82 valence electrons. The molecule has 3 atom stereocenters. The van der Waals surface area contributed by atoms with Crippen LogP contribution >= 0.6 is 0 Å². The molecule has 0 radical (unpaired) electrons. The van der Waals surface area contributed by atoms with Crippen molar-refractivity contribution in [3.05, 3.63) is 12.2 Å². The third-order valence-corrected chi connectivity index (χ3v) is 3.83. The second-order valence-corrected chi connectivity index (χ2v) is 5.11. The fraction of sp³-hybridized carbons (Fsp3) is 0.846. The van der Waals surface area contributed by atoms with E-state index in [0.717, 1.165) is 19.3 Å². The molecule has 0 aromatic rings. The molecule has 0 heterocycles. The van der Waals surface area contributed by atoms with Crippen molar-refractivity contribution in [2.75, 3.05) is 0 Å². The van der Waals surface area contributed by atoms with Crippen LogP contribution in [0.1, 0.15) is 47.0 Å². The number of rotatable bonds is 3. The maximum atomic E-state index is 10.4. The Morgan fingerprint density at radius 1 is 1.43 bits per heavy atom. The molecular formula is C13H24O. The van der Waals surface area contributed by atoms with Gasteiger partial charge in [0.25, 0.3) is 0 Å². The summed E-state index contributed by atoms with van der Waals surface area (Å²) in [4.78, 5) is 0. The van der Waals surface area contributed by atoms with E-state index in [4.69, 9.17) is 0 Å². The van der Waals surface area contributed by atoms with Crippen molar-refractivity contribution in [3.8, 4) is 0 Å². The van der Waals surface area contributed by atoms with Gasteiger partial charge in [-0.25, -0.2) is 0 Å². The van der Waals surface area contributed by atoms with Crippen molar-refractivity contribution in [1.82, 2.24) is 0 Å². The highest BCUT2D eigenvalue weighted by atomic mass is 16.3. The molecule has 0 aromatic heterocycles. The molecule has 3 unspecified atom stereocenters. The zero-order chi connectivity index (χ0) is 10.8. The third-order valence-electron chi connectivity index (χ3n) is 3.83. The van der Waals surface area contributed by atoms with E-state index >= 15 is 0 Å². The van der Waals surface area contributed by atoms with Gasteiger partial charge >= 0.3 is 0 Å². The van der Waals surface area contributed by atoms with Gasteiger partial charge in [-0.3, -0.25) is 0 Å². The molecule has 1 nitrogen and oxygen atoms in total. The van der Waals surface area contributed by atoms with Crippen LogP contribution in [0.15, 0.2) is 12.2 Å².